The average Bonchev–Trinajstić information content (AvgIpc) is 3.74. The van der Waals surface area contributed by atoms with Crippen LogP contribution in [0.1, 0.15) is 72.5 Å². The molecule has 13 nitrogen and oxygen atoms in total. The van der Waals surface area contributed by atoms with Gasteiger partial charge in [0, 0.05) is 86.1 Å². The predicted octanol–water partition coefficient (Wildman–Crippen LogP) is 4.80. The highest BCUT2D eigenvalue weighted by Gasteiger charge is 2.39. The molecule has 1 atom stereocenters. The van der Waals surface area contributed by atoms with Gasteiger partial charge in [-0.05, 0) is 47.7 Å². The topological polar surface area (TPSA) is 173 Å². The van der Waals surface area contributed by atoms with Crippen molar-refractivity contribution in [1.82, 2.24) is 29.7 Å². The lowest BCUT2D eigenvalue weighted by molar-refractivity contribution is -0.137. The van der Waals surface area contributed by atoms with E-state index in [0.29, 0.717) is 41.3 Å². The van der Waals surface area contributed by atoms with Crippen molar-refractivity contribution in [1.29, 1.82) is 0 Å². The zero-order valence-corrected chi connectivity index (χ0v) is 31.1. The number of fused-ring (bicyclic) bond motifs is 3. The van der Waals surface area contributed by atoms with E-state index >= 15 is 0 Å². The van der Waals surface area contributed by atoms with Crippen LogP contribution in [0.5, 0.6) is 0 Å². The van der Waals surface area contributed by atoms with E-state index in [4.69, 9.17) is 15.7 Å². The monoisotopic (exact) mass is 748 g/mol. The van der Waals surface area contributed by atoms with E-state index in [1.807, 2.05) is 53.6 Å². The summed E-state index contributed by atoms with van der Waals surface area (Å²) < 4.78 is 2.24. The molecule has 0 radical (unpaired) electrons. The molecular formula is C43H40N8O5. The second-order valence-corrected chi connectivity index (χ2v) is 14.2. The Hall–Kier alpha value is -6.81. The van der Waals surface area contributed by atoms with Crippen LogP contribution in [0.15, 0.2) is 66.9 Å². The molecule has 3 aliphatic rings. The summed E-state index contributed by atoms with van der Waals surface area (Å²) in [7, 11) is 0. The Kier molecular flexibility index (Phi) is 9.55. The first-order chi connectivity index (χ1) is 27.1. The van der Waals surface area contributed by atoms with Gasteiger partial charge < -0.3 is 25.4 Å². The lowest BCUT2D eigenvalue weighted by Crippen LogP contribution is -2.52. The van der Waals surface area contributed by atoms with Crippen LogP contribution in [-0.2, 0) is 45.2 Å². The molecule has 3 aliphatic heterocycles. The van der Waals surface area contributed by atoms with Crippen molar-refractivity contribution >= 4 is 51.7 Å². The minimum Gasteiger partial charge on any atom is -0.397 e. The number of aromatic nitrogens is 3. The largest absolute Gasteiger partial charge is 0.397 e. The first-order valence-electron chi connectivity index (χ1n) is 18.8. The molecule has 0 saturated carbocycles. The summed E-state index contributed by atoms with van der Waals surface area (Å²) in [6, 6.07) is 18.1. The molecule has 3 aromatic carbocycles. The van der Waals surface area contributed by atoms with Gasteiger partial charge in [-0.15, -0.1) is 0 Å². The number of carbonyl (C=O) groups is 5. The zero-order chi connectivity index (χ0) is 39.1. The number of carbonyl (C=O) groups excluding carboxylic acids is 5. The van der Waals surface area contributed by atoms with Crippen LogP contribution < -0.4 is 16.4 Å². The van der Waals surface area contributed by atoms with Crippen molar-refractivity contribution in [3.63, 3.8) is 0 Å². The molecule has 0 aliphatic carbocycles. The number of piperidine rings is 1. The Morgan fingerprint density at radius 1 is 1.02 bits per heavy atom. The number of pyridine rings is 1. The second kappa shape index (κ2) is 14.8. The Morgan fingerprint density at radius 3 is 2.64 bits per heavy atom. The van der Waals surface area contributed by atoms with Crippen molar-refractivity contribution in [3.8, 4) is 34.4 Å². The van der Waals surface area contributed by atoms with Crippen LogP contribution >= 0.6 is 0 Å². The molecule has 1 fully saturated rings. The first kappa shape index (κ1) is 36.2. The molecule has 0 bridgehead atoms. The number of amides is 5. The number of hydrogen-bond acceptors (Lipinski definition) is 8. The van der Waals surface area contributed by atoms with Crippen molar-refractivity contribution in [2.45, 2.75) is 71.6 Å². The molecular weight excluding hydrogens is 709 g/mol. The van der Waals surface area contributed by atoms with Crippen molar-refractivity contribution in [2.24, 2.45) is 0 Å². The van der Waals surface area contributed by atoms with E-state index in [-0.39, 0.29) is 55.9 Å². The molecule has 5 amide bonds. The number of rotatable bonds is 7. The lowest BCUT2D eigenvalue weighted by atomic mass is 10.00. The highest BCUT2D eigenvalue weighted by molar-refractivity contribution is 6.06. The summed E-state index contributed by atoms with van der Waals surface area (Å²) in [5, 5.41) is 7.16. The Labute approximate surface area is 323 Å². The van der Waals surface area contributed by atoms with Gasteiger partial charge in [-0.25, -0.2) is 4.98 Å². The molecule has 282 valence electrons. The fourth-order valence-electron chi connectivity index (χ4n) is 7.81. The third-order valence-electron chi connectivity index (χ3n) is 10.8. The first-order valence-corrected chi connectivity index (χ1v) is 18.8. The number of nitrogens with zero attached hydrogens (tertiary/aromatic N) is 5. The normalized spacial score (nSPS) is 16.2. The minimum atomic E-state index is -0.706. The van der Waals surface area contributed by atoms with Crippen LogP contribution in [0, 0.1) is 11.8 Å². The summed E-state index contributed by atoms with van der Waals surface area (Å²) in [6.07, 6.45) is 3.48. The van der Waals surface area contributed by atoms with Crippen LogP contribution in [0.4, 0.5) is 11.4 Å². The number of imide groups is 1. The fourth-order valence-corrected chi connectivity index (χ4v) is 7.81. The zero-order valence-electron chi connectivity index (χ0n) is 31.1. The number of anilines is 2. The smallest absolute Gasteiger partial charge is 0.255 e. The SMILES string of the molecule is CCc1nc(-c2cccc3cc(-c4ccc(N)c(NC(=O)CCC#Cc5cccc6c5CN(C5CCC(=O)NC5=O)C6=O)c4)ncc23)c2n1CCN(C(C)=O)C2. The van der Waals surface area contributed by atoms with Gasteiger partial charge in [0.15, 0.2) is 0 Å². The summed E-state index contributed by atoms with van der Waals surface area (Å²) in [4.78, 5) is 75.7. The number of nitrogens with two attached hydrogens (primary N) is 1. The highest BCUT2D eigenvalue weighted by atomic mass is 16.2. The van der Waals surface area contributed by atoms with Gasteiger partial charge in [0.05, 0.1) is 35.0 Å². The molecule has 5 heterocycles. The van der Waals surface area contributed by atoms with Crippen molar-refractivity contribution < 1.29 is 24.0 Å². The van der Waals surface area contributed by atoms with E-state index in [9.17, 15) is 24.0 Å². The highest BCUT2D eigenvalue weighted by Crippen LogP contribution is 2.35. The van der Waals surface area contributed by atoms with Gasteiger partial charge in [0.2, 0.25) is 23.6 Å². The molecule has 0 spiro atoms. The third kappa shape index (κ3) is 6.74. The minimum absolute atomic E-state index is 0.0479. The maximum absolute atomic E-state index is 13.1. The van der Waals surface area contributed by atoms with Crippen LogP contribution in [0.25, 0.3) is 33.3 Å². The Balaban J connectivity index is 0.955. The second-order valence-electron chi connectivity index (χ2n) is 14.2. The van der Waals surface area contributed by atoms with E-state index in [2.05, 4.69) is 34.0 Å². The van der Waals surface area contributed by atoms with E-state index in [1.54, 1.807) is 25.1 Å². The van der Waals surface area contributed by atoms with Gasteiger partial charge in [-0.1, -0.05) is 49.1 Å². The summed E-state index contributed by atoms with van der Waals surface area (Å²) in [5.74, 6) is 5.90. The molecule has 8 rings (SSSR count). The number of benzene rings is 3. The van der Waals surface area contributed by atoms with Crippen LogP contribution in [-0.4, -0.2) is 66.5 Å². The molecule has 56 heavy (non-hydrogen) atoms. The fraction of sp³-hybridized carbons (Fsp3) is 0.279. The lowest BCUT2D eigenvalue weighted by Gasteiger charge is -2.29. The Morgan fingerprint density at radius 2 is 1.84 bits per heavy atom. The summed E-state index contributed by atoms with van der Waals surface area (Å²) >= 11 is 0. The molecule has 5 aromatic rings. The summed E-state index contributed by atoms with van der Waals surface area (Å²) in [6.45, 7) is 5.81. The van der Waals surface area contributed by atoms with Crippen LogP contribution in [0.3, 0.4) is 0 Å². The molecule has 2 aromatic heterocycles. The van der Waals surface area contributed by atoms with Gasteiger partial charge in [0.25, 0.3) is 5.91 Å². The number of imidazole rings is 1. The Bertz CT molecular complexity index is 2550. The standard InChI is InChI=1S/C43H40N8O5/c1-3-38-47-41(37-24-49(25(2)52)18-19-50(37)38)29-11-7-10-27-20-34(45-22-31(27)29)28-14-15-33(44)35(21-28)46-39(53)13-5-4-8-26-9-6-12-30-32(26)23-51(43(30)56)36-16-17-40(54)48-42(36)55/h6-7,9-12,14-15,20-22,36H,3,5,13,16-19,23-24,44H2,1-2H3,(H,46,53)(H,48,54,55). The molecule has 13 heteroatoms. The predicted molar refractivity (Wildman–Crippen MR) is 211 cm³/mol. The maximum Gasteiger partial charge on any atom is 0.255 e. The van der Waals surface area contributed by atoms with Crippen molar-refractivity contribution in [3.05, 3.63) is 95.1 Å². The van der Waals surface area contributed by atoms with Crippen LogP contribution in [0.2, 0.25) is 0 Å². The number of hydrogen-bond donors (Lipinski definition) is 3. The summed E-state index contributed by atoms with van der Waals surface area (Å²) in [5.41, 5.74) is 13.4. The quantitative estimate of drug-likeness (QED) is 0.121. The van der Waals surface area contributed by atoms with E-state index in [0.717, 1.165) is 57.6 Å². The molecule has 1 unspecified atom stereocenters. The van der Waals surface area contributed by atoms with Gasteiger partial charge in [-0.3, -0.25) is 34.3 Å². The number of nitrogen functional groups attached to an aromatic ring is 1. The third-order valence-corrected chi connectivity index (χ3v) is 10.8. The average molecular weight is 749 g/mol. The number of aryl methyl sites for hydroxylation is 1. The maximum atomic E-state index is 13.1. The number of nitrogens with one attached hydrogen (secondary N) is 2. The van der Waals surface area contributed by atoms with E-state index in [1.165, 1.54) is 4.90 Å². The van der Waals surface area contributed by atoms with Gasteiger partial charge >= 0.3 is 0 Å². The molecule has 4 N–H and O–H groups in total. The van der Waals surface area contributed by atoms with Gasteiger partial charge in [-0.2, -0.15) is 0 Å². The van der Waals surface area contributed by atoms with Gasteiger partial charge in [0.1, 0.15) is 11.9 Å². The van der Waals surface area contributed by atoms with Crippen molar-refractivity contribution in [2.75, 3.05) is 17.6 Å². The van der Waals surface area contributed by atoms with E-state index < -0.39 is 11.9 Å². The molecule has 1 saturated heterocycles.